The molecule has 1 heterocycles. The lowest BCUT2D eigenvalue weighted by molar-refractivity contribution is 0.781. The molecule has 14 heavy (non-hydrogen) atoms. The molecule has 0 bridgehead atoms. The molecule has 0 aliphatic carbocycles. The Hall–Kier alpha value is -1.48. The van der Waals surface area contributed by atoms with Crippen molar-refractivity contribution in [3.05, 3.63) is 30.5 Å². The normalized spacial score (nSPS) is 13.0. The Balaban J connectivity index is 2.25. The lowest BCUT2D eigenvalue weighted by Crippen LogP contribution is -2.25. The van der Waals surface area contributed by atoms with Crippen molar-refractivity contribution in [2.24, 2.45) is 5.73 Å². The van der Waals surface area contributed by atoms with Crippen molar-refractivity contribution >= 4 is 16.6 Å². The first-order valence-electron chi connectivity index (χ1n) is 4.83. The van der Waals surface area contributed by atoms with Crippen LogP contribution >= 0.6 is 0 Å². The van der Waals surface area contributed by atoms with Crippen LogP contribution in [0, 0.1) is 0 Å². The highest BCUT2D eigenvalue weighted by Gasteiger charge is 2.01. The van der Waals surface area contributed by atoms with Gasteiger partial charge in [0.2, 0.25) is 0 Å². The quantitative estimate of drug-likeness (QED) is 0.691. The van der Waals surface area contributed by atoms with Gasteiger partial charge in [-0.2, -0.15) is 0 Å². The van der Waals surface area contributed by atoms with E-state index in [1.807, 2.05) is 25.3 Å². The van der Waals surface area contributed by atoms with Crippen molar-refractivity contribution in [1.82, 2.24) is 4.98 Å². The van der Waals surface area contributed by atoms with Gasteiger partial charge in [-0.25, -0.2) is 0 Å². The van der Waals surface area contributed by atoms with Crippen LogP contribution in [0.1, 0.15) is 6.92 Å². The van der Waals surface area contributed by atoms with E-state index in [0.717, 1.165) is 17.7 Å². The molecule has 1 aromatic heterocycles. The zero-order valence-electron chi connectivity index (χ0n) is 8.25. The van der Waals surface area contributed by atoms with Crippen LogP contribution < -0.4 is 11.1 Å². The number of hydrogen-bond donors (Lipinski definition) is 3. The molecular weight excluding hydrogens is 174 g/mol. The van der Waals surface area contributed by atoms with Crippen LogP contribution in [0.2, 0.25) is 0 Å². The van der Waals surface area contributed by atoms with Gasteiger partial charge in [0.1, 0.15) is 0 Å². The summed E-state index contributed by atoms with van der Waals surface area (Å²) in [6.45, 7) is 2.78. The van der Waals surface area contributed by atoms with Crippen LogP contribution in [-0.4, -0.2) is 17.6 Å². The van der Waals surface area contributed by atoms with Crippen molar-refractivity contribution in [2.45, 2.75) is 13.0 Å². The molecule has 0 radical (unpaired) electrons. The minimum atomic E-state index is 0.170. The fourth-order valence-electron chi connectivity index (χ4n) is 1.49. The Bertz CT molecular complexity index is 417. The van der Waals surface area contributed by atoms with Gasteiger partial charge < -0.3 is 16.0 Å². The number of benzene rings is 1. The summed E-state index contributed by atoms with van der Waals surface area (Å²) in [4.78, 5) is 3.21. The summed E-state index contributed by atoms with van der Waals surface area (Å²) < 4.78 is 0. The van der Waals surface area contributed by atoms with Crippen molar-refractivity contribution < 1.29 is 0 Å². The lowest BCUT2D eigenvalue weighted by atomic mass is 10.2. The van der Waals surface area contributed by atoms with Crippen LogP contribution in [0.15, 0.2) is 30.5 Å². The predicted octanol–water partition coefficient (Wildman–Crippen LogP) is 1.93. The summed E-state index contributed by atoms with van der Waals surface area (Å²) in [5, 5.41) is 4.53. The van der Waals surface area contributed by atoms with Gasteiger partial charge in [0, 0.05) is 29.7 Å². The Morgan fingerprint density at radius 3 is 3.00 bits per heavy atom. The van der Waals surface area contributed by atoms with Crippen molar-refractivity contribution in [3.8, 4) is 0 Å². The van der Waals surface area contributed by atoms with Crippen LogP contribution in [0.4, 0.5) is 5.69 Å². The Morgan fingerprint density at radius 2 is 2.21 bits per heavy atom. The highest BCUT2D eigenvalue weighted by Crippen LogP contribution is 2.21. The maximum atomic E-state index is 5.68. The van der Waals surface area contributed by atoms with Gasteiger partial charge in [0.25, 0.3) is 0 Å². The summed E-state index contributed by atoms with van der Waals surface area (Å²) >= 11 is 0. The highest BCUT2D eigenvalue weighted by atomic mass is 14.9. The van der Waals surface area contributed by atoms with Crippen molar-refractivity contribution in [2.75, 3.05) is 11.9 Å². The maximum Gasteiger partial charge on any atom is 0.0598 e. The first kappa shape index (κ1) is 9.09. The summed E-state index contributed by atoms with van der Waals surface area (Å²) in [7, 11) is 0. The Kier molecular flexibility index (Phi) is 2.41. The molecule has 0 aliphatic heterocycles. The smallest absolute Gasteiger partial charge is 0.0598 e. The maximum absolute atomic E-state index is 5.68. The largest absolute Gasteiger partial charge is 0.382 e. The van der Waals surface area contributed by atoms with E-state index in [1.165, 1.54) is 5.39 Å². The number of anilines is 1. The number of para-hydroxylation sites is 1. The molecule has 0 saturated carbocycles. The fraction of sp³-hybridized carbons (Fsp3) is 0.273. The van der Waals surface area contributed by atoms with Gasteiger partial charge in [-0.05, 0) is 13.0 Å². The second-order valence-corrected chi connectivity index (χ2v) is 3.61. The van der Waals surface area contributed by atoms with Crippen LogP contribution in [0.5, 0.6) is 0 Å². The van der Waals surface area contributed by atoms with Gasteiger partial charge >= 0.3 is 0 Å². The average Bonchev–Trinajstić information content (AvgIpc) is 2.58. The molecule has 1 atom stereocenters. The molecule has 0 amide bonds. The molecule has 2 aromatic rings. The molecule has 0 fully saturated rings. The van der Waals surface area contributed by atoms with E-state index < -0.39 is 0 Å². The summed E-state index contributed by atoms with van der Waals surface area (Å²) in [6, 6.07) is 8.38. The van der Waals surface area contributed by atoms with E-state index in [0.29, 0.717) is 0 Å². The van der Waals surface area contributed by atoms with Gasteiger partial charge in [0.05, 0.1) is 5.69 Å². The lowest BCUT2D eigenvalue weighted by Gasteiger charge is -2.07. The molecule has 0 aliphatic rings. The number of hydrogen-bond acceptors (Lipinski definition) is 2. The van der Waals surface area contributed by atoms with E-state index in [2.05, 4.69) is 22.4 Å². The number of H-pyrrole nitrogens is 1. The van der Waals surface area contributed by atoms with E-state index in [9.17, 15) is 0 Å². The number of fused-ring (bicyclic) bond motifs is 1. The molecule has 2 rings (SSSR count). The van der Waals surface area contributed by atoms with Crippen molar-refractivity contribution in [1.29, 1.82) is 0 Å². The number of aromatic nitrogens is 1. The molecule has 1 unspecified atom stereocenters. The predicted molar refractivity (Wildman–Crippen MR) is 60.4 cm³/mol. The number of aromatic amines is 1. The van der Waals surface area contributed by atoms with Gasteiger partial charge in [-0.15, -0.1) is 0 Å². The Morgan fingerprint density at radius 1 is 1.43 bits per heavy atom. The standard InChI is InChI=1S/C11H15N3/c1-8(12)6-13-11-7-14-10-5-3-2-4-9(10)11/h2-5,7-8,13-14H,6,12H2,1H3. The zero-order valence-corrected chi connectivity index (χ0v) is 8.25. The van der Waals surface area contributed by atoms with Gasteiger partial charge in [-0.3, -0.25) is 0 Å². The van der Waals surface area contributed by atoms with E-state index in [1.54, 1.807) is 0 Å². The summed E-state index contributed by atoms with van der Waals surface area (Å²) in [5.41, 5.74) is 7.96. The minimum Gasteiger partial charge on any atom is -0.382 e. The molecule has 1 aromatic carbocycles. The zero-order chi connectivity index (χ0) is 9.97. The molecule has 0 spiro atoms. The summed E-state index contributed by atoms with van der Waals surface area (Å²) in [5.74, 6) is 0. The Labute approximate surface area is 83.3 Å². The van der Waals surface area contributed by atoms with Crippen molar-refractivity contribution in [3.63, 3.8) is 0 Å². The highest BCUT2D eigenvalue weighted by molar-refractivity contribution is 5.92. The topological polar surface area (TPSA) is 53.8 Å². The SMILES string of the molecule is CC(N)CNc1c[nH]c2ccccc12. The fourth-order valence-corrected chi connectivity index (χ4v) is 1.49. The third kappa shape index (κ3) is 1.72. The minimum absolute atomic E-state index is 0.170. The van der Waals surface area contributed by atoms with Crippen LogP contribution in [0.3, 0.4) is 0 Å². The molecule has 0 saturated heterocycles. The summed E-state index contributed by atoms with van der Waals surface area (Å²) in [6.07, 6.45) is 1.98. The second kappa shape index (κ2) is 3.72. The van der Waals surface area contributed by atoms with Crippen LogP contribution in [0.25, 0.3) is 10.9 Å². The van der Waals surface area contributed by atoms with E-state index in [4.69, 9.17) is 5.73 Å². The molecule has 3 nitrogen and oxygen atoms in total. The third-order valence-corrected chi connectivity index (χ3v) is 2.20. The first-order valence-corrected chi connectivity index (χ1v) is 4.83. The average molecular weight is 189 g/mol. The van der Waals surface area contributed by atoms with E-state index in [-0.39, 0.29) is 6.04 Å². The van der Waals surface area contributed by atoms with Gasteiger partial charge in [0.15, 0.2) is 0 Å². The molecule has 3 heteroatoms. The number of rotatable bonds is 3. The second-order valence-electron chi connectivity index (χ2n) is 3.61. The number of nitrogens with one attached hydrogen (secondary N) is 2. The third-order valence-electron chi connectivity index (χ3n) is 2.20. The van der Waals surface area contributed by atoms with E-state index >= 15 is 0 Å². The first-order chi connectivity index (χ1) is 6.77. The van der Waals surface area contributed by atoms with Crippen LogP contribution in [-0.2, 0) is 0 Å². The number of nitrogens with two attached hydrogens (primary N) is 1. The monoisotopic (exact) mass is 189 g/mol. The molecule has 4 N–H and O–H groups in total. The van der Waals surface area contributed by atoms with Gasteiger partial charge in [-0.1, -0.05) is 18.2 Å². The molecular formula is C11H15N3. The molecule has 74 valence electrons.